The van der Waals surface area contributed by atoms with Gasteiger partial charge in [0.05, 0.1) is 11.4 Å². The highest BCUT2D eigenvalue weighted by Crippen LogP contribution is 2.30. The summed E-state index contributed by atoms with van der Waals surface area (Å²) in [6, 6.07) is 3.68. The van der Waals surface area contributed by atoms with Crippen LogP contribution in [0.25, 0.3) is 0 Å². The van der Waals surface area contributed by atoms with Gasteiger partial charge in [-0.15, -0.1) is 5.23 Å². The van der Waals surface area contributed by atoms with E-state index in [1.54, 1.807) is 0 Å². The van der Waals surface area contributed by atoms with E-state index in [2.05, 4.69) is 16.6 Å². The van der Waals surface area contributed by atoms with Gasteiger partial charge in [-0.2, -0.15) is 5.10 Å². The smallest absolute Gasteiger partial charge is 0.121 e. The minimum Gasteiger partial charge on any atom is -0.769 e. The molecule has 3 N–H and O–H groups in total. The van der Waals surface area contributed by atoms with Crippen molar-refractivity contribution in [2.75, 3.05) is 15.9 Å². The minimum atomic E-state index is -0.616. The molecule has 114 valence electrons. The van der Waals surface area contributed by atoms with Gasteiger partial charge in [0.1, 0.15) is 5.69 Å². The predicted octanol–water partition coefficient (Wildman–Crippen LogP) is 2.83. The van der Waals surface area contributed by atoms with Gasteiger partial charge in [0, 0.05) is 11.6 Å². The van der Waals surface area contributed by atoms with Gasteiger partial charge in [-0.05, 0) is 37.1 Å². The summed E-state index contributed by atoms with van der Waals surface area (Å²) >= 11 is 0. The molecule has 0 spiro atoms. The van der Waals surface area contributed by atoms with E-state index in [1.807, 2.05) is 13.8 Å². The number of rotatable bonds is 4. The Hall–Kier alpha value is -2.13. The first-order valence-electron chi connectivity index (χ1n) is 6.37. The van der Waals surface area contributed by atoms with Crippen LogP contribution in [0.2, 0.25) is 0 Å². The Bertz CT molecular complexity index is 584. The highest BCUT2D eigenvalue weighted by atomic mass is 16.8. The first-order valence-corrected chi connectivity index (χ1v) is 6.37. The van der Waals surface area contributed by atoms with Crippen LogP contribution in [0.1, 0.15) is 20.3 Å². The summed E-state index contributed by atoms with van der Waals surface area (Å²) in [7, 11) is 0. The van der Waals surface area contributed by atoms with Gasteiger partial charge in [-0.25, -0.2) is 0 Å². The average molecular weight is 292 g/mol. The fourth-order valence-electron chi connectivity index (χ4n) is 2.17. The first-order chi connectivity index (χ1) is 9.90. The summed E-state index contributed by atoms with van der Waals surface area (Å²) in [5, 5.41) is 43.2. The van der Waals surface area contributed by atoms with E-state index in [4.69, 9.17) is 0 Å². The number of hydrogen-bond donors (Lipinski definition) is 3. The van der Waals surface area contributed by atoms with Crippen molar-refractivity contribution in [3.8, 4) is 0 Å². The van der Waals surface area contributed by atoms with Crippen LogP contribution in [0.15, 0.2) is 34.9 Å². The Morgan fingerprint density at radius 2 is 2.05 bits per heavy atom. The number of nitrogens with one attached hydrogen (secondary N) is 1. The van der Waals surface area contributed by atoms with E-state index in [-0.39, 0.29) is 28.2 Å². The van der Waals surface area contributed by atoms with E-state index in [0.717, 1.165) is 23.8 Å². The summed E-state index contributed by atoms with van der Waals surface area (Å²) in [6.07, 6.45) is 2.98. The Kier molecular flexibility index (Phi) is 4.43. The summed E-state index contributed by atoms with van der Waals surface area (Å²) < 4.78 is 0. The van der Waals surface area contributed by atoms with Crippen molar-refractivity contribution < 1.29 is 10.4 Å². The van der Waals surface area contributed by atoms with Crippen LogP contribution in [-0.2, 0) is 0 Å². The summed E-state index contributed by atoms with van der Waals surface area (Å²) in [5.74, 6) is 0.276. The zero-order chi connectivity index (χ0) is 15.6. The quantitative estimate of drug-likeness (QED) is 0.730. The SMILES string of the molecule is CC1=CC[C@H](C)C1=NNc1ccc(N([O-])[O-])cc1N(O)O. The van der Waals surface area contributed by atoms with E-state index in [1.165, 1.54) is 12.1 Å². The van der Waals surface area contributed by atoms with Crippen LogP contribution in [0.3, 0.4) is 0 Å². The standard InChI is InChI=1S/C13H16N4O4/c1-8-3-4-9(2)13(8)15-14-11-6-5-10(16(18)19)7-12(11)17(20)21/h3,5-7,9,14,20-21H,4H2,1-2H3/q-2/t9-/m0/s1. The third kappa shape index (κ3) is 3.31. The van der Waals surface area contributed by atoms with E-state index < -0.39 is 5.23 Å². The molecule has 0 amide bonds. The Balaban J connectivity index is 2.28. The zero-order valence-electron chi connectivity index (χ0n) is 11.6. The topological polar surface area (TPSA) is 117 Å². The molecule has 0 aromatic heterocycles. The molecule has 0 unspecified atom stereocenters. The number of hydrogen-bond acceptors (Lipinski definition) is 8. The molecule has 0 aliphatic heterocycles. The van der Waals surface area contributed by atoms with E-state index >= 15 is 0 Å². The zero-order valence-corrected chi connectivity index (χ0v) is 11.6. The highest BCUT2D eigenvalue weighted by molar-refractivity contribution is 6.03. The average Bonchev–Trinajstić information content (AvgIpc) is 2.75. The number of hydrazone groups is 1. The lowest BCUT2D eigenvalue weighted by atomic mass is 10.1. The van der Waals surface area contributed by atoms with E-state index in [9.17, 15) is 20.8 Å². The third-order valence-electron chi connectivity index (χ3n) is 3.35. The van der Waals surface area contributed by atoms with Crippen LogP contribution in [-0.4, -0.2) is 16.1 Å². The van der Waals surface area contributed by atoms with Gasteiger partial charge < -0.3 is 15.6 Å². The fourth-order valence-corrected chi connectivity index (χ4v) is 2.17. The second-order valence-corrected chi connectivity index (χ2v) is 4.88. The maximum atomic E-state index is 10.7. The highest BCUT2D eigenvalue weighted by Gasteiger charge is 2.18. The number of allylic oxidation sites excluding steroid dienone is 2. The molecular formula is C13H16N4O4-2. The summed E-state index contributed by atoms with van der Waals surface area (Å²) in [6.45, 7) is 3.99. The van der Waals surface area contributed by atoms with Crippen molar-refractivity contribution in [3.05, 3.63) is 40.3 Å². The summed E-state index contributed by atoms with van der Waals surface area (Å²) in [4.78, 5) is 0. The molecule has 1 atom stereocenters. The molecule has 1 aromatic carbocycles. The Morgan fingerprint density at radius 3 is 2.57 bits per heavy atom. The largest absolute Gasteiger partial charge is 0.769 e. The van der Waals surface area contributed by atoms with Crippen LogP contribution in [0.4, 0.5) is 17.1 Å². The fraction of sp³-hybridized carbons (Fsp3) is 0.308. The van der Waals surface area contributed by atoms with Crippen molar-refractivity contribution in [1.82, 2.24) is 0 Å². The normalized spacial score (nSPS) is 19.6. The molecule has 21 heavy (non-hydrogen) atoms. The number of anilines is 3. The molecule has 0 radical (unpaired) electrons. The van der Waals surface area contributed by atoms with Crippen LogP contribution < -0.4 is 15.9 Å². The summed E-state index contributed by atoms with van der Waals surface area (Å²) in [5.41, 5.74) is 4.52. The monoisotopic (exact) mass is 292 g/mol. The molecule has 0 saturated heterocycles. The van der Waals surface area contributed by atoms with Crippen molar-refractivity contribution in [1.29, 1.82) is 0 Å². The van der Waals surface area contributed by atoms with Crippen LogP contribution in [0, 0.1) is 16.3 Å². The van der Waals surface area contributed by atoms with Crippen molar-refractivity contribution >= 4 is 22.8 Å². The Morgan fingerprint density at radius 1 is 1.33 bits per heavy atom. The van der Waals surface area contributed by atoms with Gasteiger partial charge in [0.25, 0.3) is 0 Å². The molecule has 0 bridgehead atoms. The molecule has 0 heterocycles. The van der Waals surface area contributed by atoms with Gasteiger partial charge >= 0.3 is 0 Å². The van der Waals surface area contributed by atoms with Crippen LogP contribution >= 0.6 is 0 Å². The molecule has 1 aliphatic carbocycles. The molecule has 8 heteroatoms. The van der Waals surface area contributed by atoms with Crippen molar-refractivity contribution in [2.45, 2.75) is 20.3 Å². The lowest BCUT2D eigenvalue weighted by Crippen LogP contribution is -2.15. The lowest BCUT2D eigenvalue weighted by Gasteiger charge is -2.37. The number of benzene rings is 1. The Labute approximate surface area is 121 Å². The van der Waals surface area contributed by atoms with Gasteiger partial charge in [0.2, 0.25) is 0 Å². The maximum Gasteiger partial charge on any atom is 0.121 e. The van der Waals surface area contributed by atoms with Gasteiger partial charge in [0.15, 0.2) is 0 Å². The molecule has 0 saturated carbocycles. The minimum absolute atomic E-state index is 0.152. The molecule has 1 aromatic rings. The maximum absolute atomic E-state index is 10.7. The van der Waals surface area contributed by atoms with Crippen molar-refractivity contribution in [3.63, 3.8) is 0 Å². The number of nitrogens with zero attached hydrogens (tertiary/aromatic N) is 3. The molecule has 8 nitrogen and oxygen atoms in total. The third-order valence-corrected chi connectivity index (χ3v) is 3.35. The molecule has 1 aliphatic rings. The van der Waals surface area contributed by atoms with Gasteiger partial charge in [-0.1, -0.05) is 13.0 Å². The molecule has 0 fully saturated rings. The lowest BCUT2D eigenvalue weighted by molar-refractivity contribution is 0.0295. The molecule has 2 rings (SSSR count). The molecular weight excluding hydrogens is 276 g/mol. The second-order valence-electron chi connectivity index (χ2n) is 4.88. The van der Waals surface area contributed by atoms with Gasteiger partial charge in [-0.3, -0.25) is 15.8 Å². The van der Waals surface area contributed by atoms with Crippen molar-refractivity contribution in [2.24, 2.45) is 11.0 Å². The second kappa shape index (κ2) is 6.10. The first kappa shape index (κ1) is 15.3. The van der Waals surface area contributed by atoms with Crippen LogP contribution in [0.5, 0.6) is 0 Å². The van der Waals surface area contributed by atoms with E-state index in [0.29, 0.717) is 0 Å². The predicted molar refractivity (Wildman–Crippen MR) is 80.3 cm³/mol.